The van der Waals surface area contributed by atoms with E-state index < -0.39 is 0 Å². The lowest BCUT2D eigenvalue weighted by atomic mass is 9.81. The Morgan fingerprint density at radius 2 is 1.52 bits per heavy atom. The fraction of sp³-hybridized carbons (Fsp3) is 0.292. The fourth-order valence-corrected chi connectivity index (χ4v) is 3.92. The Bertz CT molecular complexity index is 958. The van der Waals surface area contributed by atoms with E-state index in [1.165, 1.54) is 33.4 Å². The van der Waals surface area contributed by atoms with Crippen molar-refractivity contribution >= 4 is 0 Å². The van der Waals surface area contributed by atoms with Crippen LogP contribution >= 0.6 is 0 Å². The van der Waals surface area contributed by atoms with Crippen LogP contribution in [0.3, 0.4) is 0 Å². The molecule has 0 amide bonds. The van der Waals surface area contributed by atoms with Crippen LogP contribution in [0.2, 0.25) is 0 Å². The molecule has 1 nitrogen and oxygen atoms in total. The lowest BCUT2D eigenvalue weighted by molar-refractivity contribution is 0.589. The Hall–Kier alpha value is -2.41. The summed E-state index contributed by atoms with van der Waals surface area (Å²) in [6, 6.07) is 19.9. The highest BCUT2D eigenvalue weighted by atomic mass is 14.7. The monoisotopic (exact) mass is 327 g/mol. The lowest BCUT2D eigenvalue weighted by Crippen LogP contribution is -2.15. The van der Waals surface area contributed by atoms with Crippen LogP contribution in [0.25, 0.3) is 22.4 Å². The molecule has 0 fully saturated rings. The normalized spacial score (nSPS) is 14.9. The van der Waals surface area contributed by atoms with Gasteiger partial charge in [-0.3, -0.25) is 4.98 Å². The van der Waals surface area contributed by atoms with Gasteiger partial charge in [-0.25, -0.2) is 0 Å². The Morgan fingerprint density at radius 1 is 0.800 bits per heavy atom. The number of aromatic nitrogens is 1. The zero-order chi connectivity index (χ0) is 17.8. The van der Waals surface area contributed by atoms with Crippen molar-refractivity contribution in [2.24, 2.45) is 0 Å². The second kappa shape index (κ2) is 5.29. The third-order valence-electron chi connectivity index (χ3n) is 5.51. The molecule has 25 heavy (non-hydrogen) atoms. The van der Waals surface area contributed by atoms with Gasteiger partial charge in [-0.1, -0.05) is 71.0 Å². The van der Waals surface area contributed by atoms with Crippen LogP contribution in [0, 0.1) is 0 Å². The Morgan fingerprint density at radius 3 is 2.28 bits per heavy atom. The number of fused-ring (bicyclic) bond motifs is 3. The molecule has 1 heterocycles. The van der Waals surface area contributed by atoms with Crippen LogP contribution < -0.4 is 0 Å². The molecule has 1 aliphatic rings. The average Bonchev–Trinajstić information content (AvgIpc) is 2.82. The Kier molecular flexibility index (Phi) is 3.40. The molecule has 0 N–H and O–H groups in total. The first-order chi connectivity index (χ1) is 11.8. The van der Waals surface area contributed by atoms with E-state index in [0.717, 1.165) is 5.69 Å². The summed E-state index contributed by atoms with van der Waals surface area (Å²) in [7, 11) is 0. The van der Waals surface area contributed by atoms with Gasteiger partial charge in [-0.2, -0.15) is 0 Å². The van der Waals surface area contributed by atoms with Gasteiger partial charge in [-0.15, -0.1) is 0 Å². The second-order valence-electron chi connectivity index (χ2n) is 8.61. The van der Waals surface area contributed by atoms with Crippen molar-refractivity contribution in [3.63, 3.8) is 0 Å². The SMILES string of the molecule is CC(C)(C)c1ccnc(-c2ccc3c(c2)C(C)(C)c2ccccc2-3)c1. The molecule has 0 aliphatic heterocycles. The fourth-order valence-electron chi connectivity index (χ4n) is 3.92. The highest BCUT2D eigenvalue weighted by molar-refractivity contribution is 5.83. The van der Waals surface area contributed by atoms with Crippen molar-refractivity contribution in [1.82, 2.24) is 4.98 Å². The van der Waals surface area contributed by atoms with Gasteiger partial charge in [0.25, 0.3) is 0 Å². The molecule has 1 aliphatic carbocycles. The van der Waals surface area contributed by atoms with Crippen molar-refractivity contribution in [2.45, 2.75) is 45.4 Å². The summed E-state index contributed by atoms with van der Waals surface area (Å²) in [6.45, 7) is 11.4. The Labute approximate surface area is 150 Å². The van der Waals surface area contributed by atoms with Gasteiger partial charge < -0.3 is 0 Å². The van der Waals surface area contributed by atoms with Crippen LogP contribution in [0.1, 0.15) is 51.3 Å². The molecule has 0 saturated carbocycles. The van der Waals surface area contributed by atoms with Crippen molar-refractivity contribution in [3.05, 3.63) is 77.5 Å². The maximum atomic E-state index is 4.65. The molecule has 0 saturated heterocycles. The molecule has 0 atom stereocenters. The van der Waals surface area contributed by atoms with Crippen LogP contribution in [-0.4, -0.2) is 4.98 Å². The Balaban J connectivity index is 1.86. The minimum atomic E-state index is 0.0313. The number of hydrogen-bond acceptors (Lipinski definition) is 1. The van der Waals surface area contributed by atoms with Crippen LogP contribution in [0.15, 0.2) is 60.8 Å². The summed E-state index contributed by atoms with van der Waals surface area (Å²) in [6.07, 6.45) is 1.93. The van der Waals surface area contributed by atoms with Crippen LogP contribution in [-0.2, 0) is 10.8 Å². The standard InChI is InChI=1S/C24H25N/c1-23(2,3)17-12-13-25-22(15-17)16-10-11-19-18-8-6-7-9-20(18)24(4,5)21(19)14-16/h6-15H,1-5H3. The number of pyridine rings is 1. The van der Waals surface area contributed by atoms with Crippen molar-refractivity contribution in [2.75, 3.05) is 0 Å². The topological polar surface area (TPSA) is 12.9 Å². The summed E-state index contributed by atoms with van der Waals surface area (Å²) in [4.78, 5) is 4.65. The summed E-state index contributed by atoms with van der Waals surface area (Å²) in [5, 5.41) is 0. The predicted octanol–water partition coefficient (Wildman–Crippen LogP) is 6.35. The van der Waals surface area contributed by atoms with Crippen molar-refractivity contribution in [3.8, 4) is 22.4 Å². The minimum absolute atomic E-state index is 0.0313. The van der Waals surface area contributed by atoms with E-state index in [-0.39, 0.29) is 10.8 Å². The first-order valence-corrected chi connectivity index (χ1v) is 9.00. The quantitative estimate of drug-likeness (QED) is 0.507. The van der Waals surface area contributed by atoms with Gasteiger partial charge in [0, 0.05) is 17.2 Å². The zero-order valence-corrected chi connectivity index (χ0v) is 15.7. The van der Waals surface area contributed by atoms with Gasteiger partial charge in [0.05, 0.1) is 5.69 Å². The van der Waals surface area contributed by atoms with Gasteiger partial charge in [0.15, 0.2) is 0 Å². The summed E-state index contributed by atoms with van der Waals surface area (Å²) in [5.74, 6) is 0. The van der Waals surface area contributed by atoms with Gasteiger partial charge in [0.2, 0.25) is 0 Å². The van der Waals surface area contributed by atoms with Crippen LogP contribution in [0.5, 0.6) is 0 Å². The number of benzene rings is 2. The highest BCUT2D eigenvalue weighted by Gasteiger charge is 2.35. The van der Waals surface area contributed by atoms with Gasteiger partial charge in [0.1, 0.15) is 0 Å². The smallest absolute Gasteiger partial charge is 0.0705 e. The molecule has 4 rings (SSSR count). The van der Waals surface area contributed by atoms with Gasteiger partial charge >= 0.3 is 0 Å². The largest absolute Gasteiger partial charge is 0.256 e. The summed E-state index contributed by atoms with van der Waals surface area (Å²) in [5.41, 5.74) is 9.27. The van der Waals surface area contributed by atoms with E-state index in [2.05, 4.69) is 94.2 Å². The molecule has 3 aromatic rings. The molecule has 2 aromatic carbocycles. The molecular formula is C24H25N. The molecule has 0 bridgehead atoms. The van der Waals surface area contributed by atoms with E-state index in [9.17, 15) is 0 Å². The maximum Gasteiger partial charge on any atom is 0.0705 e. The van der Waals surface area contributed by atoms with E-state index in [1.807, 2.05) is 6.20 Å². The lowest BCUT2D eigenvalue weighted by Gasteiger charge is -2.22. The third kappa shape index (κ3) is 2.50. The van der Waals surface area contributed by atoms with Crippen molar-refractivity contribution in [1.29, 1.82) is 0 Å². The number of nitrogens with zero attached hydrogens (tertiary/aromatic N) is 1. The van der Waals surface area contributed by atoms with Crippen molar-refractivity contribution < 1.29 is 0 Å². The van der Waals surface area contributed by atoms with E-state index in [0.29, 0.717) is 0 Å². The molecule has 1 aromatic heterocycles. The molecular weight excluding hydrogens is 302 g/mol. The molecule has 1 heteroatoms. The number of rotatable bonds is 1. The average molecular weight is 327 g/mol. The zero-order valence-electron chi connectivity index (χ0n) is 15.7. The first kappa shape index (κ1) is 16.1. The van der Waals surface area contributed by atoms with Crippen LogP contribution in [0.4, 0.5) is 0 Å². The van der Waals surface area contributed by atoms with E-state index >= 15 is 0 Å². The molecule has 0 unspecified atom stereocenters. The molecule has 0 radical (unpaired) electrons. The summed E-state index contributed by atoms with van der Waals surface area (Å²) < 4.78 is 0. The first-order valence-electron chi connectivity index (χ1n) is 9.00. The number of hydrogen-bond donors (Lipinski definition) is 0. The minimum Gasteiger partial charge on any atom is -0.256 e. The van der Waals surface area contributed by atoms with E-state index in [4.69, 9.17) is 0 Å². The maximum absolute atomic E-state index is 4.65. The van der Waals surface area contributed by atoms with E-state index in [1.54, 1.807) is 0 Å². The predicted molar refractivity (Wildman–Crippen MR) is 106 cm³/mol. The highest BCUT2D eigenvalue weighted by Crippen LogP contribution is 2.49. The third-order valence-corrected chi connectivity index (χ3v) is 5.51. The van der Waals surface area contributed by atoms with Gasteiger partial charge in [-0.05, 0) is 51.4 Å². The molecule has 126 valence electrons. The second-order valence-corrected chi connectivity index (χ2v) is 8.61. The summed E-state index contributed by atoms with van der Waals surface area (Å²) >= 11 is 0. The molecule has 0 spiro atoms.